The highest BCUT2D eigenvalue weighted by molar-refractivity contribution is 14.1. The van der Waals surface area contributed by atoms with Crippen LogP contribution in [0.1, 0.15) is 28.4 Å². The van der Waals surface area contributed by atoms with Crippen LogP contribution in [0.2, 0.25) is 0 Å². The fourth-order valence-electron chi connectivity index (χ4n) is 2.67. The molecule has 28 heavy (non-hydrogen) atoms. The number of aryl methyl sites for hydroxylation is 1. The van der Waals surface area contributed by atoms with Crippen LogP contribution in [0.4, 0.5) is 5.69 Å². The molecule has 0 aliphatic heterocycles. The molecule has 0 radical (unpaired) electrons. The van der Waals surface area contributed by atoms with Crippen LogP contribution in [0.3, 0.4) is 0 Å². The number of hydrogen-bond donors (Lipinski definition) is 1. The average Bonchev–Trinajstić information content (AvgIpc) is 2.70. The molecule has 0 fully saturated rings. The van der Waals surface area contributed by atoms with Gasteiger partial charge in [0.25, 0.3) is 5.91 Å². The van der Waals surface area contributed by atoms with Crippen LogP contribution in [-0.4, -0.2) is 12.5 Å². The van der Waals surface area contributed by atoms with Crippen LogP contribution in [0.15, 0.2) is 66.7 Å². The van der Waals surface area contributed by atoms with E-state index in [2.05, 4.69) is 27.9 Å². The van der Waals surface area contributed by atoms with Gasteiger partial charge in [0.1, 0.15) is 6.61 Å². The first-order valence-corrected chi connectivity index (χ1v) is 10.2. The Bertz CT molecular complexity index is 940. The molecular formula is C23H22INO3. The van der Waals surface area contributed by atoms with Crippen LogP contribution in [-0.2, 0) is 6.61 Å². The molecule has 0 bridgehead atoms. The van der Waals surface area contributed by atoms with E-state index in [1.54, 1.807) is 6.07 Å². The van der Waals surface area contributed by atoms with Gasteiger partial charge in [-0.25, -0.2) is 0 Å². The summed E-state index contributed by atoms with van der Waals surface area (Å²) in [5, 5.41) is 2.93. The zero-order valence-corrected chi connectivity index (χ0v) is 18.0. The summed E-state index contributed by atoms with van der Waals surface area (Å²) >= 11 is 2.17. The maximum absolute atomic E-state index is 12.7. The number of carbonyl (C=O) groups excluding carboxylic acids is 1. The maximum atomic E-state index is 12.7. The molecule has 3 aromatic rings. The Morgan fingerprint density at radius 3 is 2.39 bits per heavy atom. The molecule has 0 aromatic heterocycles. The van der Waals surface area contributed by atoms with Crippen LogP contribution >= 0.6 is 22.6 Å². The molecule has 1 N–H and O–H groups in total. The molecule has 4 nitrogen and oxygen atoms in total. The lowest BCUT2D eigenvalue weighted by atomic mass is 10.1. The molecule has 144 valence electrons. The molecular weight excluding hydrogens is 465 g/mol. The smallest absolute Gasteiger partial charge is 0.255 e. The second kappa shape index (κ2) is 9.59. The Kier molecular flexibility index (Phi) is 6.92. The van der Waals surface area contributed by atoms with E-state index in [-0.39, 0.29) is 5.91 Å². The van der Waals surface area contributed by atoms with Gasteiger partial charge >= 0.3 is 0 Å². The minimum Gasteiger partial charge on any atom is -0.489 e. The van der Waals surface area contributed by atoms with E-state index in [1.165, 1.54) is 0 Å². The quantitative estimate of drug-likeness (QED) is 0.427. The Morgan fingerprint density at radius 2 is 1.71 bits per heavy atom. The highest BCUT2D eigenvalue weighted by atomic mass is 127. The monoisotopic (exact) mass is 487 g/mol. The van der Waals surface area contributed by atoms with Crippen molar-refractivity contribution in [2.45, 2.75) is 20.5 Å². The van der Waals surface area contributed by atoms with Crippen molar-refractivity contribution >= 4 is 34.2 Å². The van der Waals surface area contributed by atoms with E-state index in [9.17, 15) is 4.79 Å². The number of hydrogen-bond acceptors (Lipinski definition) is 3. The summed E-state index contributed by atoms with van der Waals surface area (Å²) in [6, 6.07) is 21.2. The van der Waals surface area contributed by atoms with Gasteiger partial charge in [-0.15, -0.1) is 0 Å². The van der Waals surface area contributed by atoms with Crippen molar-refractivity contribution < 1.29 is 14.3 Å². The van der Waals surface area contributed by atoms with Gasteiger partial charge < -0.3 is 14.8 Å². The highest BCUT2D eigenvalue weighted by Gasteiger charge is 2.16. The van der Waals surface area contributed by atoms with Crippen molar-refractivity contribution in [3.05, 3.63) is 87.0 Å². The molecule has 0 unspecified atom stereocenters. The maximum Gasteiger partial charge on any atom is 0.255 e. The number of rotatable bonds is 7. The van der Waals surface area contributed by atoms with E-state index in [0.29, 0.717) is 30.3 Å². The second-order valence-corrected chi connectivity index (χ2v) is 7.47. The van der Waals surface area contributed by atoms with Gasteiger partial charge in [-0.05, 0) is 66.3 Å². The van der Waals surface area contributed by atoms with Crippen molar-refractivity contribution in [2.75, 3.05) is 11.9 Å². The standard InChI is InChI=1S/C23H22INO3/c1-3-27-22-20(24)13-18(23(26)25-19-11-9-16(2)10-12-19)14-21(22)28-15-17-7-5-4-6-8-17/h4-14H,3,15H2,1-2H3,(H,25,26). The fourth-order valence-corrected chi connectivity index (χ4v) is 3.42. The van der Waals surface area contributed by atoms with E-state index >= 15 is 0 Å². The van der Waals surface area contributed by atoms with Crippen LogP contribution in [0.25, 0.3) is 0 Å². The zero-order valence-electron chi connectivity index (χ0n) is 15.9. The second-order valence-electron chi connectivity index (χ2n) is 6.31. The van der Waals surface area contributed by atoms with E-state index in [1.807, 2.05) is 74.5 Å². The first kappa shape index (κ1) is 20.2. The topological polar surface area (TPSA) is 47.6 Å². The Morgan fingerprint density at radius 1 is 1.00 bits per heavy atom. The molecule has 0 spiro atoms. The SMILES string of the molecule is CCOc1c(I)cc(C(=O)Nc2ccc(C)cc2)cc1OCc1ccccc1. The molecule has 0 heterocycles. The van der Waals surface area contributed by atoms with Crippen molar-refractivity contribution in [1.29, 1.82) is 0 Å². The Labute approximate surface area is 179 Å². The Balaban J connectivity index is 1.83. The summed E-state index contributed by atoms with van der Waals surface area (Å²) in [6.07, 6.45) is 0. The van der Waals surface area contributed by atoms with Gasteiger partial charge in [0.2, 0.25) is 0 Å². The van der Waals surface area contributed by atoms with Crippen molar-refractivity contribution in [3.8, 4) is 11.5 Å². The normalized spacial score (nSPS) is 10.4. The van der Waals surface area contributed by atoms with Crippen LogP contribution < -0.4 is 14.8 Å². The first-order chi connectivity index (χ1) is 13.6. The average molecular weight is 487 g/mol. The molecule has 0 atom stereocenters. The third-order valence-electron chi connectivity index (χ3n) is 4.11. The molecule has 0 saturated heterocycles. The highest BCUT2D eigenvalue weighted by Crippen LogP contribution is 2.35. The summed E-state index contributed by atoms with van der Waals surface area (Å²) in [4.78, 5) is 12.7. The van der Waals surface area contributed by atoms with Crippen LogP contribution in [0, 0.1) is 10.5 Å². The summed E-state index contributed by atoms with van der Waals surface area (Å²) < 4.78 is 12.6. The van der Waals surface area contributed by atoms with E-state index in [0.717, 1.165) is 20.4 Å². The summed E-state index contributed by atoms with van der Waals surface area (Å²) in [5.74, 6) is 1.03. The third-order valence-corrected chi connectivity index (χ3v) is 4.91. The zero-order chi connectivity index (χ0) is 19.9. The first-order valence-electron chi connectivity index (χ1n) is 9.08. The summed E-state index contributed by atoms with van der Waals surface area (Å²) in [5.41, 5.74) is 3.47. The lowest BCUT2D eigenvalue weighted by molar-refractivity contribution is 0.102. The number of amides is 1. The van der Waals surface area contributed by atoms with E-state index < -0.39 is 0 Å². The predicted molar refractivity (Wildman–Crippen MR) is 120 cm³/mol. The van der Waals surface area contributed by atoms with Crippen LogP contribution in [0.5, 0.6) is 11.5 Å². The number of halogens is 1. The lowest BCUT2D eigenvalue weighted by Gasteiger charge is -2.15. The van der Waals surface area contributed by atoms with Crippen molar-refractivity contribution in [1.82, 2.24) is 0 Å². The fraction of sp³-hybridized carbons (Fsp3) is 0.174. The Hall–Kier alpha value is -2.54. The van der Waals surface area contributed by atoms with Gasteiger partial charge in [0.15, 0.2) is 11.5 Å². The van der Waals surface area contributed by atoms with Gasteiger partial charge in [0.05, 0.1) is 10.2 Å². The van der Waals surface area contributed by atoms with E-state index in [4.69, 9.17) is 9.47 Å². The molecule has 0 aliphatic carbocycles. The van der Waals surface area contributed by atoms with Gasteiger partial charge in [-0.3, -0.25) is 4.79 Å². The summed E-state index contributed by atoms with van der Waals surface area (Å²) in [7, 11) is 0. The van der Waals surface area contributed by atoms with Gasteiger partial charge in [0, 0.05) is 11.3 Å². The molecule has 1 amide bonds. The number of ether oxygens (including phenoxy) is 2. The largest absolute Gasteiger partial charge is 0.489 e. The summed E-state index contributed by atoms with van der Waals surface area (Å²) in [6.45, 7) is 4.86. The minimum absolute atomic E-state index is 0.186. The molecule has 3 rings (SSSR count). The molecule has 0 aliphatic rings. The van der Waals surface area contributed by atoms with Gasteiger partial charge in [-0.2, -0.15) is 0 Å². The minimum atomic E-state index is -0.186. The molecule has 3 aromatic carbocycles. The number of anilines is 1. The van der Waals surface area contributed by atoms with Crippen molar-refractivity contribution in [3.63, 3.8) is 0 Å². The third kappa shape index (κ3) is 5.25. The molecule has 5 heteroatoms. The number of carbonyl (C=O) groups is 1. The number of nitrogens with one attached hydrogen (secondary N) is 1. The predicted octanol–water partition coefficient (Wildman–Crippen LogP) is 5.83. The lowest BCUT2D eigenvalue weighted by Crippen LogP contribution is -2.13. The molecule has 0 saturated carbocycles. The number of benzene rings is 3. The van der Waals surface area contributed by atoms with Crippen molar-refractivity contribution in [2.24, 2.45) is 0 Å². The van der Waals surface area contributed by atoms with Gasteiger partial charge in [-0.1, -0.05) is 48.0 Å².